The minimum absolute atomic E-state index is 0.191. The fourth-order valence-electron chi connectivity index (χ4n) is 8.75. The summed E-state index contributed by atoms with van der Waals surface area (Å²) < 4.78 is 1.80. The monoisotopic (exact) mass is 1100 g/mol. The Morgan fingerprint density at radius 1 is 0.613 bits per heavy atom. The van der Waals surface area contributed by atoms with Crippen LogP contribution in [0.2, 0.25) is 0 Å². The molecule has 8 nitrogen and oxygen atoms in total. The Kier molecular flexibility index (Phi) is 32.4. The molecular formula is C50H107B2I2N5O3+2. The maximum Gasteiger partial charge on any atom is 0.526 e. The highest BCUT2D eigenvalue weighted by molar-refractivity contribution is 15.0. The van der Waals surface area contributed by atoms with Gasteiger partial charge in [0, 0.05) is 113 Å². The molecule has 0 bridgehead atoms. The molecule has 4 unspecified atom stereocenters. The van der Waals surface area contributed by atoms with Crippen molar-refractivity contribution >= 4 is 69.3 Å². The molecule has 0 aliphatic carbocycles. The molecule has 0 N–H and O–H groups in total. The smallest absolute Gasteiger partial charge is 0.395 e. The summed E-state index contributed by atoms with van der Waals surface area (Å²) in [4.78, 5) is 40.3. The SMILES string of the molecule is CCC(C)(C)C(=O)N(C)C.CCC(C)(C)C(=O)[B]N(C)C.CCC(C)(C)C(=O)[B][N+](C)(C)C.CCC1(C)CC(C)(CC)C[N+](C)(C)C1.CCC1(C)CN(C)CC(C)(CC)C1.II. The van der Waals surface area contributed by atoms with E-state index in [1.54, 1.807) is 38.6 Å². The van der Waals surface area contributed by atoms with E-state index in [0.717, 1.165) is 19.3 Å². The highest BCUT2D eigenvalue weighted by Crippen LogP contribution is 2.46. The Morgan fingerprint density at radius 3 is 1.16 bits per heavy atom. The van der Waals surface area contributed by atoms with Gasteiger partial charge in [0.05, 0.1) is 27.2 Å². The van der Waals surface area contributed by atoms with Crippen molar-refractivity contribution in [3.05, 3.63) is 0 Å². The van der Waals surface area contributed by atoms with E-state index in [2.05, 4.69) is 119 Å². The lowest BCUT2D eigenvalue weighted by atomic mass is 9.66. The maximum absolute atomic E-state index is 11.6. The molecule has 0 aromatic heterocycles. The molecule has 2 aliphatic rings. The first-order valence-electron chi connectivity index (χ1n) is 23.8. The van der Waals surface area contributed by atoms with E-state index in [9.17, 15) is 14.4 Å². The molecule has 62 heavy (non-hydrogen) atoms. The summed E-state index contributed by atoms with van der Waals surface area (Å²) in [7, 11) is 23.7. The predicted molar refractivity (Wildman–Crippen MR) is 294 cm³/mol. The predicted octanol–water partition coefficient (Wildman–Crippen LogP) is 12.1. The topological polar surface area (TPSA) is 60.9 Å². The summed E-state index contributed by atoms with van der Waals surface area (Å²) in [5, 5.41) is 0. The summed E-state index contributed by atoms with van der Waals surface area (Å²) in [6.45, 7) is 42.4. The average Bonchev–Trinajstić information content (AvgIpc) is 3.14. The molecule has 2 fully saturated rings. The zero-order chi connectivity index (χ0) is 50.6. The second-order valence-electron chi connectivity index (χ2n) is 24.4. The fraction of sp³-hybridized carbons (Fsp3) is 0.940. The summed E-state index contributed by atoms with van der Waals surface area (Å²) in [5.74, 6) is 0.204. The van der Waals surface area contributed by atoms with Crippen LogP contribution in [0.25, 0.3) is 0 Å². The molecule has 368 valence electrons. The number of hydrogen-bond acceptors (Lipinski definition) is 5. The first-order valence-corrected chi connectivity index (χ1v) is 30.1. The quantitative estimate of drug-likeness (QED) is 0.0985. The van der Waals surface area contributed by atoms with Crippen LogP contribution in [0.5, 0.6) is 0 Å². The number of hydrogen-bond donors (Lipinski definition) is 0. The molecule has 2 radical (unpaired) electrons. The van der Waals surface area contributed by atoms with Crippen LogP contribution >= 0.6 is 37.2 Å². The van der Waals surface area contributed by atoms with Gasteiger partial charge in [-0.2, -0.15) is 0 Å². The molecule has 12 heteroatoms. The third-order valence-electron chi connectivity index (χ3n) is 13.9. The molecule has 0 aromatic carbocycles. The number of carbonyl (C=O) groups excluding carboxylic acids is 3. The molecule has 2 saturated heterocycles. The van der Waals surface area contributed by atoms with Crippen molar-refractivity contribution in [1.82, 2.24) is 14.6 Å². The Hall–Kier alpha value is 0.240. The Morgan fingerprint density at radius 2 is 0.919 bits per heavy atom. The average molecular weight is 1100 g/mol. The molecule has 2 rings (SSSR count). The maximum atomic E-state index is 11.6. The van der Waals surface area contributed by atoms with Crippen LogP contribution in [0.4, 0.5) is 0 Å². The van der Waals surface area contributed by atoms with E-state index < -0.39 is 0 Å². The summed E-state index contributed by atoms with van der Waals surface area (Å²) >= 11 is 4.24. The van der Waals surface area contributed by atoms with Gasteiger partial charge in [-0.25, -0.2) is 0 Å². The standard InChI is InChI=1S/C13H28N.C12H25N.C9H20BNO.C8H17BNO.C8H17NO.I2/c1-7-12(3)9-13(4,8-2)11-14(5,6)10-12;1-6-11(3)8-12(4,7-2)10-13(5)9-11;1-7-9(2,3)8(12)10-11(4,5)6;1-6-8(2,3)7(11)9-10(4)5;1-6-8(2,3)7(10)9(4)5;1-2/h7-11H2,1-6H3;6-10H2,1-5H3;7H2,1-6H3;6H2,1-5H3;6H2,1-5H3;/q+1;;+1;;;. The van der Waals surface area contributed by atoms with Crippen LogP contribution < -0.4 is 0 Å². The summed E-state index contributed by atoms with van der Waals surface area (Å²) in [6.07, 6.45) is 10.8. The molecule has 1 amide bonds. The molecular weight excluding hydrogens is 994 g/mol. The third-order valence-corrected chi connectivity index (χ3v) is 13.9. The molecule has 2 heterocycles. The van der Waals surface area contributed by atoms with E-state index in [-0.39, 0.29) is 33.5 Å². The first kappa shape index (κ1) is 68.8. The van der Waals surface area contributed by atoms with Crippen molar-refractivity contribution in [3.63, 3.8) is 0 Å². The van der Waals surface area contributed by atoms with Gasteiger partial charge >= 0.3 is 7.41 Å². The fourth-order valence-corrected chi connectivity index (χ4v) is 8.75. The Labute approximate surface area is 414 Å². The number of carbonyl (C=O) groups is 3. The molecule has 2 aliphatic heterocycles. The van der Waals surface area contributed by atoms with Crippen molar-refractivity contribution < 1.29 is 23.3 Å². The van der Waals surface area contributed by atoms with Gasteiger partial charge in [0.25, 0.3) is 7.41 Å². The van der Waals surface area contributed by atoms with Crippen LogP contribution in [0.1, 0.15) is 175 Å². The minimum atomic E-state index is -0.204. The number of piperidine rings is 2. The van der Waals surface area contributed by atoms with E-state index >= 15 is 0 Å². The van der Waals surface area contributed by atoms with Gasteiger partial charge < -0.3 is 33.1 Å². The van der Waals surface area contributed by atoms with E-state index in [0.29, 0.717) is 26.1 Å². The zero-order valence-electron chi connectivity index (χ0n) is 46.6. The summed E-state index contributed by atoms with van der Waals surface area (Å²) in [6, 6.07) is 0. The van der Waals surface area contributed by atoms with Gasteiger partial charge in [-0.1, -0.05) is 118 Å². The second kappa shape index (κ2) is 29.2. The lowest BCUT2D eigenvalue weighted by molar-refractivity contribution is -0.910. The van der Waals surface area contributed by atoms with Gasteiger partial charge in [0.15, 0.2) is 5.68 Å². The number of amides is 1. The van der Waals surface area contributed by atoms with Crippen LogP contribution in [-0.4, -0.2) is 152 Å². The highest BCUT2D eigenvalue weighted by Gasteiger charge is 2.46. The van der Waals surface area contributed by atoms with Crippen LogP contribution in [0.15, 0.2) is 0 Å². The molecule has 0 aromatic rings. The second-order valence-corrected chi connectivity index (χ2v) is 24.4. The van der Waals surface area contributed by atoms with Gasteiger partial charge in [-0.3, -0.25) is 4.79 Å². The molecule has 0 spiro atoms. The van der Waals surface area contributed by atoms with Gasteiger partial charge in [0.1, 0.15) is 5.68 Å². The number of quaternary nitrogens is 2. The van der Waals surface area contributed by atoms with E-state index in [1.165, 1.54) is 69.2 Å². The summed E-state index contributed by atoms with van der Waals surface area (Å²) in [5.41, 5.74) is 2.07. The lowest BCUT2D eigenvalue weighted by Gasteiger charge is -2.52. The number of likely N-dealkylation sites (tertiary alicyclic amines) is 2. The van der Waals surface area contributed by atoms with Crippen LogP contribution in [0.3, 0.4) is 0 Å². The van der Waals surface area contributed by atoms with Gasteiger partial charge in [-0.15, -0.1) is 0 Å². The van der Waals surface area contributed by atoms with E-state index in [1.807, 2.05) is 97.6 Å². The van der Waals surface area contributed by atoms with Crippen molar-refractivity contribution in [2.24, 2.45) is 37.9 Å². The largest absolute Gasteiger partial charge is 0.526 e. The Balaban J connectivity index is -0.000000337. The van der Waals surface area contributed by atoms with Crippen molar-refractivity contribution in [3.8, 4) is 0 Å². The molecule has 4 atom stereocenters. The van der Waals surface area contributed by atoms with Crippen LogP contribution in [-0.2, 0) is 14.4 Å². The number of nitrogens with zero attached hydrogens (tertiary/aromatic N) is 5. The number of rotatable bonds is 14. The van der Waals surface area contributed by atoms with Crippen molar-refractivity contribution in [2.45, 2.75) is 175 Å². The van der Waals surface area contributed by atoms with E-state index in [4.69, 9.17) is 0 Å². The normalized spacial score (nSPS) is 24.9. The lowest BCUT2D eigenvalue weighted by Crippen LogP contribution is -2.58. The van der Waals surface area contributed by atoms with Crippen LogP contribution in [0, 0.1) is 37.9 Å². The Bertz CT molecular complexity index is 1250. The highest BCUT2D eigenvalue weighted by atomic mass is 128. The van der Waals surface area contributed by atoms with Crippen molar-refractivity contribution in [2.75, 3.05) is 96.7 Å². The number of halogens is 2. The third kappa shape index (κ3) is 28.4. The van der Waals surface area contributed by atoms with Gasteiger partial charge in [-0.05, 0) is 89.8 Å². The zero-order valence-corrected chi connectivity index (χ0v) is 50.9. The van der Waals surface area contributed by atoms with Crippen molar-refractivity contribution in [1.29, 1.82) is 0 Å². The molecule has 0 saturated carbocycles. The first-order chi connectivity index (χ1) is 27.7. The minimum Gasteiger partial charge on any atom is -0.395 e. The van der Waals surface area contributed by atoms with Gasteiger partial charge in [0.2, 0.25) is 5.91 Å².